The summed E-state index contributed by atoms with van der Waals surface area (Å²) in [6, 6.07) is 15.6. The van der Waals surface area contributed by atoms with E-state index in [1.807, 2.05) is 48.5 Å². The van der Waals surface area contributed by atoms with Gasteiger partial charge in [-0.25, -0.2) is 0 Å². The number of carbonyl (C=O) groups excluding carboxylic acids is 2. The molecule has 0 radical (unpaired) electrons. The van der Waals surface area contributed by atoms with E-state index in [0.717, 1.165) is 11.1 Å². The Morgan fingerprint density at radius 3 is 2.41 bits per heavy atom. The number of likely N-dealkylation sites (tertiary alicyclic amines) is 1. The fourth-order valence-corrected chi connectivity index (χ4v) is 3.82. The maximum atomic E-state index is 12.8. The van der Waals surface area contributed by atoms with Crippen molar-refractivity contribution in [1.82, 2.24) is 10.2 Å². The molecule has 1 aliphatic heterocycles. The summed E-state index contributed by atoms with van der Waals surface area (Å²) in [5.74, 6) is 1.07. The number of hydrogen-bond donors (Lipinski definition) is 1. The topological polar surface area (TPSA) is 67.9 Å². The molecule has 0 spiro atoms. The minimum absolute atomic E-state index is 0.0176. The highest BCUT2D eigenvalue weighted by atomic mass is 16.5. The lowest BCUT2D eigenvalue weighted by Gasteiger charge is -2.37. The van der Waals surface area contributed by atoms with E-state index in [2.05, 4.69) is 5.32 Å². The van der Waals surface area contributed by atoms with E-state index in [4.69, 9.17) is 9.47 Å². The van der Waals surface area contributed by atoms with E-state index in [-0.39, 0.29) is 23.7 Å². The third-order valence-corrected chi connectivity index (χ3v) is 5.46. The third kappa shape index (κ3) is 5.08. The van der Waals surface area contributed by atoms with Crippen molar-refractivity contribution in [3.05, 3.63) is 59.7 Å². The van der Waals surface area contributed by atoms with E-state index in [0.29, 0.717) is 37.6 Å². The van der Waals surface area contributed by atoms with Crippen LogP contribution in [0.2, 0.25) is 0 Å². The van der Waals surface area contributed by atoms with Gasteiger partial charge in [-0.1, -0.05) is 36.4 Å². The normalized spacial score (nSPS) is 18.8. The molecule has 0 saturated carbocycles. The van der Waals surface area contributed by atoms with E-state index in [1.165, 1.54) is 0 Å². The van der Waals surface area contributed by atoms with Crippen molar-refractivity contribution in [2.45, 2.75) is 25.8 Å². The zero-order chi connectivity index (χ0) is 20.8. The predicted octanol–water partition coefficient (Wildman–Crippen LogP) is 2.97. The minimum atomic E-state index is -0.255. The summed E-state index contributed by atoms with van der Waals surface area (Å²) in [7, 11) is 3.20. The second-order valence-corrected chi connectivity index (χ2v) is 7.37. The van der Waals surface area contributed by atoms with Crippen LogP contribution in [0.25, 0.3) is 0 Å². The first-order valence-electron chi connectivity index (χ1n) is 9.81. The standard InChI is InChI=1S/C23H28N2O4/c1-16(26)25-14-19(18-9-10-21(28-2)22(12-18)29-3)11-20(15-25)23(27)24-13-17-7-5-4-6-8-17/h4-10,12,19-20H,11,13-15H2,1-3H3,(H,24,27). The Balaban J connectivity index is 1.75. The summed E-state index contributed by atoms with van der Waals surface area (Å²) >= 11 is 0. The van der Waals surface area contributed by atoms with Crippen LogP contribution in [0.4, 0.5) is 0 Å². The molecule has 154 valence electrons. The van der Waals surface area contributed by atoms with Crippen molar-refractivity contribution >= 4 is 11.8 Å². The van der Waals surface area contributed by atoms with Gasteiger partial charge in [0.25, 0.3) is 0 Å². The minimum Gasteiger partial charge on any atom is -0.493 e. The number of nitrogens with one attached hydrogen (secondary N) is 1. The van der Waals surface area contributed by atoms with Gasteiger partial charge < -0.3 is 19.7 Å². The summed E-state index contributed by atoms with van der Waals surface area (Å²) in [5, 5.41) is 3.02. The number of ether oxygens (including phenoxy) is 2. The molecule has 1 heterocycles. The van der Waals surface area contributed by atoms with Gasteiger partial charge in [0.2, 0.25) is 11.8 Å². The van der Waals surface area contributed by atoms with Crippen molar-refractivity contribution in [3.8, 4) is 11.5 Å². The van der Waals surface area contributed by atoms with Crippen LogP contribution in [-0.4, -0.2) is 44.0 Å². The van der Waals surface area contributed by atoms with Gasteiger partial charge in [0.05, 0.1) is 20.1 Å². The first kappa shape index (κ1) is 20.7. The van der Waals surface area contributed by atoms with E-state index in [9.17, 15) is 9.59 Å². The zero-order valence-corrected chi connectivity index (χ0v) is 17.2. The van der Waals surface area contributed by atoms with Crippen LogP contribution in [0, 0.1) is 5.92 Å². The first-order chi connectivity index (χ1) is 14.0. The summed E-state index contributed by atoms with van der Waals surface area (Å²) < 4.78 is 10.7. The van der Waals surface area contributed by atoms with Gasteiger partial charge in [0, 0.05) is 32.5 Å². The lowest BCUT2D eigenvalue weighted by molar-refractivity contribution is -0.134. The van der Waals surface area contributed by atoms with Crippen LogP contribution < -0.4 is 14.8 Å². The molecule has 1 aliphatic rings. The highest BCUT2D eigenvalue weighted by Gasteiger charge is 2.33. The Kier molecular flexibility index (Phi) is 6.75. The molecule has 2 aromatic rings. The number of nitrogens with zero attached hydrogens (tertiary/aromatic N) is 1. The molecule has 0 aliphatic carbocycles. The van der Waals surface area contributed by atoms with Crippen molar-refractivity contribution in [1.29, 1.82) is 0 Å². The molecule has 6 heteroatoms. The number of piperidine rings is 1. The van der Waals surface area contributed by atoms with Crippen molar-refractivity contribution < 1.29 is 19.1 Å². The SMILES string of the molecule is COc1ccc(C2CC(C(=O)NCc3ccccc3)CN(C(C)=O)C2)cc1OC. The molecule has 1 saturated heterocycles. The van der Waals surface area contributed by atoms with Gasteiger partial charge in [-0.05, 0) is 29.7 Å². The molecule has 2 atom stereocenters. The average molecular weight is 396 g/mol. The Hall–Kier alpha value is -3.02. The molecule has 0 bridgehead atoms. The van der Waals surface area contributed by atoms with Gasteiger partial charge in [0.15, 0.2) is 11.5 Å². The Morgan fingerprint density at radius 2 is 1.76 bits per heavy atom. The highest BCUT2D eigenvalue weighted by molar-refractivity contribution is 5.81. The molecule has 6 nitrogen and oxygen atoms in total. The Morgan fingerprint density at radius 1 is 1.03 bits per heavy atom. The van der Waals surface area contributed by atoms with Crippen LogP contribution in [0.3, 0.4) is 0 Å². The van der Waals surface area contributed by atoms with E-state index < -0.39 is 0 Å². The van der Waals surface area contributed by atoms with Gasteiger partial charge >= 0.3 is 0 Å². The van der Waals surface area contributed by atoms with E-state index >= 15 is 0 Å². The summed E-state index contributed by atoms with van der Waals surface area (Å²) in [5.41, 5.74) is 2.09. The van der Waals surface area contributed by atoms with Gasteiger partial charge in [-0.15, -0.1) is 0 Å². The number of carbonyl (C=O) groups is 2. The quantitative estimate of drug-likeness (QED) is 0.815. The van der Waals surface area contributed by atoms with Gasteiger partial charge in [-0.3, -0.25) is 9.59 Å². The summed E-state index contributed by atoms with van der Waals surface area (Å²) in [4.78, 5) is 26.7. The van der Waals surface area contributed by atoms with Gasteiger partial charge in [-0.2, -0.15) is 0 Å². The fraction of sp³-hybridized carbons (Fsp3) is 0.391. The fourth-order valence-electron chi connectivity index (χ4n) is 3.82. The molecule has 3 rings (SSSR count). The Bertz CT molecular complexity index is 853. The van der Waals surface area contributed by atoms with Crippen molar-refractivity contribution in [3.63, 3.8) is 0 Å². The molecule has 2 unspecified atom stereocenters. The first-order valence-corrected chi connectivity index (χ1v) is 9.81. The second-order valence-electron chi connectivity index (χ2n) is 7.37. The van der Waals surface area contributed by atoms with Crippen molar-refractivity contribution in [2.24, 2.45) is 5.92 Å². The molecule has 1 N–H and O–H groups in total. The lowest BCUT2D eigenvalue weighted by atomic mass is 9.83. The largest absolute Gasteiger partial charge is 0.493 e. The molecule has 29 heavy (non-hydrogen) atoms. The third-order valence-electron chi connectivity index (χ3n) is 5.46. The molecule has 2 amide bonds. The zero-order valence-electron chi connectivity index (χ0n) is 17.2. The molecule has 2 aromatic carbocycles. The Labute approximate surface area is 171 Å². The number of hydrogen-bond acceptors (Lipinski definition) is 4. The lowest BCUT2D eigenvalue weighted by Crippen LogP contribution is -2.47. The molecular weight excluding hydrogens is 368 g/mol. The molecule has 1 fully saturated rings. The monoisotopic (exact) mass is 396 g/mol. The number of benzene rings is 2. The summed E-state index contributed by atoms with van der Waals surface area (Å²) in [6.45, 7) is 3.07. The van der Waals surface area contributed by atoms with Crippen LogP contribution in [0.5, 0.6) is 11.5 Å². The van der Waals surface area contributed by atoms with Crippen LogP contribution in [0.15, 0.2) is 48.5 Å². The van der Waals surface area contributed by atoms with E-state index in [1.54, 1.807) is 26.0 Å². The molecular formula is C23H28N2O4. The van der Waals surface area contributed by atoms with Crippen molar-refractivity contribution in [2.75, 3.05) is 27.3 Å². The average Bonchev–Trinajstić information content (AvgIpc) is 2.77. The smallest absolute Gasteiger partial charge is 0.225 e. The number of methoxy groups -OCH3 is 2. The van der Waals surface area contributed by atoms with Crippen LogP contribution >= 0.6 is 0 Å². The van der Waals surface area contributed by atoms with Crippen LogP contribution in [0.1, 0.15) is 30.4 Å². The number of amides is 2. The maximum Gasteiger partial charge on any atom is 0.225 e. The summed E-state index contributed by atoms with van der Waals surface area (Å²) in [6.07, 6.45) is 0.680. The molecule has 0 aromatic heterocycles. The van der Waals surface area contributed by atoms with Crippen LogP contribution in [-0.2, 0) is 16.1 Å². The number of rotatable bonds is 6. The maximum absolute atomic E-state index is 12.8. The predicted molar refractivity (Wildman–Crippen MR) is 111 cm³/mol. The van der Waals surface area contributed by atoms with Gasteiger partial charge in [0.1, 0.15) is 0 Å². The second kappa shape index (κ2) is 9.45. The highest BCUT2D eigenvalue weighted by Crippen LogP contribution is 2.35.